The fourth-order valence-electron chi connectivity index (χ4n) is 5.37. The third kappa shape index (κ3) is 3.50. The number of carbonyl (C=O) groups excluding carboxylic acids is 2. The average Bonchev–Trinajstić information content (AvgIpc) is 3.42. The van der Waals surface area contributed by atoms with Crippen LogP contribution in [-0.2, 0) is 14.3 Å². The highest BCUT2D eigenvalue weighted by atomic mass is 35.5. The van der Waals surface area contributed by atoms with Crippen LogP contribution in [0.3, 0.4) is 0 Å². The minimum Gasteiger partial charge on any atom is -0.493 e. The number of aromatic nitrogens is 1. The number of rotatable bonds is 4. The monoisotopic (exact) mass is 510 g/mol. The number of hydrogen-bond donors (Lipinski definition) is 0. The molecule has 2 aromatic carbocycles. The van der Waals surface area contributed by atoms with Gasteiger partial charge in [0.2, 0.25) is 0 Å². The van der Waals surface area contributed by atoms with Crippen LogP contribution in [-0.4, -0.2) is 37.0 Å². The molecule has 2 aliphatic heterocycles. The summed E-state index contributed by atoms with van der Waals surface area (Å²) >= 11 is 7.55. The average molecular weight is 511 g/mol. The first kappa shape index (κ1) is 22.4. The molecule has 3 unspecified atom stereocenters. The molecule has 0 spiro atoms. The molecule has 35 heavy (non-hydrogen) atoms. The largest absolute Gasteiger partial charge is 0.493 e. The highest BCUT2D eigenvalue weighted by Gasteiger charge is 2.53. The van der Waals surface area contributed by atoms with Gasteiger partial charge in [-0.25, -0.2) is 4.98 Å². The lowest BCUT2D eigenvalue weighted by Crippen LogP contribution is -2.39. The van der Waals surface area contributed by atoms with E-state index in [0.717, 1.165) is 41.5 Å². The van der Waals surface area contributed by atoms with Gasteiger partial charge in [-0.2, -0.15) is 0 Å². The Balaban J connectivity index is 1.53. The molecule has 0 N–H and O–H groups in total. The first-order valence-electron chi connectivity index (χ1n) is 11.6. The highest BCUT2D eigenvalue weighted by molar-refractivity contribution is 7.22. The summed E-state index contributed by atoms with van der Waals surface area (Å²) in [5.41, 5.74) is 1.87. The number of Topliss-reactive ketones (excluding diaryl/α,β-unsaturated/α-hetero) is 1. The summed E-state index contributed by atoms with van der Waals surface area (Å²) < 4.78 is 18.1. The standard InChI is InChI=1S/C26H23ClN2O5S/c1-32-18-10-7-13(11-19(18)33-2)22-21-23(30)15-5-3-4-6-17(15)34-24(21)25(31)29(22)26-28-16-9-8-14(27)12-20(16)35-26/h7-12,15,17,22H,3-6H2,1-2H3. The van der Waals surface area contributed by atoms with E-state index in [1.807, 2.05) is 24.3 Å². The molecular weight excluding hydrogens is 488 g/mol. The lowest BCUT2D eigenvalue weighted by molar-refractivity contribution is -0.131. The summed E-state index contributed by atoms with van der Waals surface area (Å²) in [7, 11) is 3.13. The minimum atomic E-state index is -0.677. The van der Waals surface area contributed by atoms with E-state index in [9.17, 15) is 9.59 Å². The molecule has 0 bridgehead atoms. The maximum absolute atomic E-state index is 13.8. The zero-order valence-electron chi connectivity index (χ0n) is 19.2. The third-order valence-electron chi connectivity index (χ3n) is 7.03. The van der Waals surface area contributed by atoms with Gasteiger partial charge in [-0.05, 0) is 55.2 Å². The number of ether oxygens (including phenoxy) is 3. The van der Waals surface area contributed by atoms with Crippen LogP contribution < -0.4 is 14.4 Å². The Morgan fingerprint density at radius 1 is 1.06 bits per heavy atom. The van der Waals surface area contributed by atoms with Crippen LogP contribution in [0.2, 0.25) is 5.02 Å². The van der Waals surface area contributed by atoms with Crippen molar-refractivity contribution in [3.63, 3.8) is 0 Å². The summed E-state index contributed by atoms with van der Waals surface area (Å²) in [6, 6.07) is 10.2. The summed E-state index contributed by atoms with van der Waals surface area (Å²) in [6.45, 7) is 0. The maximum atomic E-state index is 13.8. The lowest BCUT2D eigenvalue weighted by atomic mass is 9.77. The Kier molecular flexibility index (Phi) is 5.45. The zero-order valence-corrected chi connectivity index (χ0v) is 20.8. The molecule has 1 aliphatic carbocycles. The molecule has 9 heteroatoms. The summed E-state index contributed by atoms with van der Waals surface area (Å²) in [5, 5.41) is 1.08. The Morgan fingerprint density at radius 2 is 1.86 bits per heavy atom. The highest BCUT2D eigenvalue weighted by Crippen LogP contribution is 2.50. The van der Waals surface area contributed by atoms with Crippen LogP contribution in [0.4, 0.5) is 5.13 Å². The number of fused-ring (bicyclic) bond motifs is 2. The number of halogens is 1. The quantitative estimate of drug-likeness (QED) is 0.463. The number of nitrogens with zero attached hydrogens (tertiary/aromatic N) is 2. The van der Waals surface area contributed by atoms with Gasteiger partial charge in [0.25, 0.3) is 5.91 Å². The molecule has 1 amide bonds. The van der Waals surface area contributed by atoms with Gasteiger partial charge in [-0.3, -0.25) is 14.5 Å². The molecule has 3 aliphatic rings. The number of thiazole rings is 1. The van der Waals surface area contributed by atoms with Crippen LogP contribution in [0.15, 0.2) is 47.7 Å². The fourth-order valence-corrected chi connectivity index (χ4v) is 6.64. The van der Waals surface area contributed by atoms with Gasteiger partial charge in [-0.1, -0.05) is 35.4 Å². The topological polar surface area (TPSA) is 78.0 Å². The normalized spacial score (nSPS) is 23.9. The summed E-state index contributed by atoms with van der Waals surface area (Å²) in [4.78, 5) is 34.0. The number of amides is 1. The fraction of sp³-hybridized carbons (Fsp3) is 0.346. The van der Waals surface area contributed by atoms with Gasteiger partial charge in [0.05, 0.1) is 42.0 Å². The predicted molar refractivity (Wildman–Crippen MR) is 133 cm³/mol. The smallest absolute Gasteiger partial charge is 0.296 e. The van der Waals surface area contributed by atoms with E-state index >= 15 is 0 Å². The number of methoxy groups -OCH3 is 2. The lowest BCUT2D eigenvalue weighted by Gasteiger charge is -2.35. The first-order valence-corrected chi connectivity index (χ1v) is 12.8. The number of carbonyl (C=O) groups is 2. The second-order valence-corrected chi connectivity index (χ2v) is 10.4. The van der Waals surface area contributed by atoms with Gasteiger partial charge >= 0.3 is 0 Å². The Hall–Kier alpha value is -3.10. The molecule has 0 saturated heterocycles. The van der Waals surface area contributed by atoms with Gasteiger partial charge < -0.3 is 14.2 Å². The van der Waals surface area contributed by atoms with E-state index in [1.165, 1.54) is 11.3 Å². The van der Waals surface area contributed by atoms with Crippen molar-refractivity contribution < 1.29 is 23.8 Å². The molecule has 0 radical (unpaired) electrons. The Labute approximate surface area is 211 Å². The van der Waals surface area contributed by atoms with E-state index in [-0.39, 0.29) is 29.5 Å². The SMILES string of the molecule is COc1ccc(C2C3=C(OC4CCCCC4C3=O)C(=O)N2c2nc3ccc(Cl)cc3s2)cc1OC. The molecular formula is C26H23ClN2O5S. The van der Waals surface area contributed by atoms with E-state index in [1.54, 1.807) is 31.3 Å². The van der Waals surface area contributed by atoms with Crippen molar-refractivity contribution in [2.45, 2.75) is 37.8 Å². The van der Waals surface area contributed by atoms with Crippen molar-refractivity contribution in [3.8, 4) is 11.5 Å². The maximum Gasteiger partial charge on any atom is 0.296 e. The Bertz CT molecular complexity index is 1400. The summed E-state index contributed by atoms with van der Waals surface area (Å²) in [5.74, 6) is 0.650. The van der Waals surface area contributed by atoms with Crippen LogP contribution in [0.5, 0.6) is 11.5 Å². The summed E-state index contributed by atoms with van der Waals surface area (Å²) in [6.07, 6.45) is 3.27. The van der Waals surface area contributed by atoms with Crippen LogP contribution in [0, 0.1) is 5.92 Å². The number of hydrogen-bond acceptors (Lipinski definition) is 7. The molecule has 180 valence electrons. The Morgan fingerprint density at radius 3 is 2.66 bits per heavy atom. The number of anilines is 1. The third-order valence-corrected chi connectivity index (χ3v) is 8.28. The van der Waals surface area contributed by atoms with Crippen LogP contribution in [0.25, 0.3) is 10.2 Å². The molecule has 1 aromatic heterocycles. The minimum absolute atomic E-state index is 0.00394. The van der Waals surface area contributed by atoms with E-state index in [0.29, 0.717) is 27.2 Å². The molecule has 7 nitrogen and oxygen atoms in total. The second kappa shape index (κ2) is 8.53. The van der Waals surface area contributed by atoms with Gasteiger partial charge in [-0.15, -0.1) is 0 Å². The van der Waals surface area contributed by atoms with Gasteiger partial charge in [0, 0.05) is 5.02 Å². The van der Waals surface area contributed by atoms with Crippen molar-refractivity contribution in [1.82, 2.24) is 4.98 Å². The first-order chi connectivity index (χ1) is 17.0. The molecule has 6 rings (SSSR count). The molecule has 3 atom stereocenters. The van der Waals surface area contributed by atoms with Crippen molar-refractivity contribution in [2.75, 3.05) is 19.1 Å². The number of ketones is 1. The van der Waals surface area contributed by atoms with Crippen molar-refractivity contribution in [1.29, 1.82) is 0 Å². The van der Waals surface area contributed by atoms with E-state index in [2.05, 4.69) is 0 Å². The number of benzene rings is 2. The van der Waals surface area contributed by atoms with Crippen LogP contribution >= 0.6 is 22.9 Å². The second-order valence-electron chi connectivity index (χ2n) is 8.95. The molecule has 3 heterocycles. The predicted octanol–water partition coefficient (Wildman–Crippen LogP) is 5.47. The van der Waals surface area contributed by atoms with Crippen LogP contribution in [0.1, 0.15) is 37.3 Å². The van der Waals surface area contributed by atoms with E-state index in [4.69, 9.17) is 30.8 Å². The van der Waals surface area contributed by atoms with Crippen molar-refractivity contribution in [2.24, 2.45) is 5.92 Å². The molecule has 1 saturated carbocycles. The molecule has 1 fully saturated rings. The van der Waals surface area contributed by atoms with Gasteiger partial charge in [0.15, 0.2) is 28.2 Å². The van der Waals surface area contributed by atoms with Crippen molar-refractivity contribution >= 4 is 50.0 Å². The molecule has 3 aromatic rings. The van der Waals surface area contributed by atoms with Gasteiger partial charge in [0.1, 0.15) is 6.10 Å². The zero-order chi connectivity index (χ0) is 24.3. The van der Waals surface area contributed by atoms with Crippen molar-refractivity contribution in [3.05, 3.63) is 58.3 Å². The van der Waals surface area contributed by atoms with E-state index < -0.39 is 6.04 Å².